The van der Waals surface area contributed by atoms with Crippen molar-refractivity contribution in [3.63, 3.8) is 0 Å². The number of benzene rings is 3. The maximum absolute atomic E-state index is 6.28. The highest BCUT2D eigenvalue weighted by Gasteiger charge is 2.19. The molecule has 2 N–H and O–H groups in total. The molecule has 0 aliphatic rings. The second-order valence-corrected chi connectivity index (χ2v) is 8.05. The van der Waals surface area contributed by atoms with Crippen LogP contribution in [0.25, 0.3) is 0 Å². The Kier molecular flexibility index (Phi) is 6.22. The summed E-state index contributed by atoms with van der Waals surface area (Å²) in [4.78, 5) is 4.26. The van der Waals surface area contributed by atoms with Crippen LogP contribution in [0.5, 0.6) is 11.5 Å². The molecule has 5 nitrogen and oxygen atoms in total. The first-order valence-corrected chi connectivity index (χ1v) is 9.93. The molecule has 3 aromatic rings. The van der Waals surface area contributed by atoms with Crippen molar-refractivity contribution in [3.05, 3.63) is 72.3 Å². The lowest BCUT2D eigenvalue weighted by Gasteiger charge is -2.28. The van der Waals surface area contributed by atoms with Crippen molar-refractivity contribution in [1.82, 2.24) is 0 Å². The van der Waals surface area contributed by atoms with Gasteiger partial charge in [0.15, 0.2) is 0 Å². The molecule has 0 saturated carbocycles. The lowest BCUT2D eigenvalue weighted by atomic mass is 9.95. The number of methoxy groups -OCH3 is 2. The van der Waals surface area contributed by atoms with E-state index in [-0.39, 0.29) is 0 Å². The van der Waals surface area contributed by atoms with Crippen molar-refractivity contribution in [2.24, 2.45) is 5.73 Å². The van der Waals surface area contributed by atoms with Crippen molar-refractivity contribution in [1.29, 1.82) is 0 Å². The predicted molar refractivity (Wildman–Crippen MR) is 126 cm³/mol. The lowest BCUT2D eigenvalue weighted by molar-refractivity contribution is 0.395. The molecule has 0 saturated heterocycles. The average molecular weight is 406 g/mol. The topological polar surface area (TPSA) is 51.0 Å². The van der Waals surface area contributed by atoms with Gasteiger partial charge in [-0.05, 0) is 67.9 Å². The van der Waals surface area contributed by atoms with E-state index in [2.05, 4.69) is 58.3 Å². The molecule has 0 aliphatic carbocycles. The van der Waals surface area contributed by atoms with Crippen LogP contribution in [0.3, 0.4) is 0 Å². The van der Waals surface area contributed by atoms with Crippen LogP contribution in [0, 0.1) is 0 Å². The predicted octanol–water partition coefficient (Wildman–Crippen LogP) is 5.43. The summed E-state index contributed by atoms with van der Waals surface area (Å²) >= 11 is 0. The molecular formula is C25H31N3O2. The van der Waals surface area contributed by atoms with E-state index in [0.717, 1.165) is 39.8 Å². The fraction of sp³-hybridized carbons (Fsp3) is 0.280. The zero-order chi connectivity index (χ0) is 21.9. The Labute approximate surface area is 179 Å². The lowest BCUT2D eigenvalue weighted by Crippen LogP contribution is -2.28. The molecular weight excluding hydrogens is 374 g/mol. The Balaban J connectivity index is 2.14. The number of rotatable bonds is 7. The monoisotopic (exact) mass is 405 g/mol. The molecule has 30 heavy (non-hydrogen) atoms. The first-order valence-electron chi connectivity index (χ1n) is 9.93. The van der Waals surface area contributed by atoms with Gasteiger partial charge in [-0.15, -0.1) is 0 Å². The molecule has 0 fully saturated rings. The molecule has 0 spiro atoms. The minimum absolute atomic E-state index is 0.394. The summed E-state index contributed by atoms with van der Waals surface area (Å²) in [7, 11) is 7.39. The van der Waals surface area contributed by atoms with E-state index in [1.165, 1.54) is 0 Å². The molecule has 0 atom stereocenters. The molecule has 5 heteroatoms. The van der Waals surface area contributed by atoms with Crippen LogP contribution in [-0.4, -0.2) is 28.3 Å². The van der Waals surface area contributed by atoms with Gasteiger partial charge >= 0.3 is 0 Å². The summed E-state index contributed by atoms with van der Waals surface area (Å²) in [6.45, 7) is 4.01. The van der Waals surface area contributed by atoms with Gasteiger partial charge in [0.2, 0.25) is 0 Å². The van der Waals surface area contributed by atoms with Crippen LogP contribution >= 0.6 is 0 Å². The van der Waals surface area contributed by atoms with Crippen LogP contribution in [0.4, 0.5) is 22.7 Å². The van der Waals surface area contributed by atoms with Gasteiger partial charge in [-0.2, -0.15) is 0 Å². The highest BCUT2D eigenvalue weighted by Crippen LogP contribution is 2.42. The summed E-state index contributed by atoms with van der Waals surface area (Å²) in [6, 6.07) is 22.6. The SMILES string of the molecule is COc1ccc(N(c2ccc(N(C)C)cc2)c2ccc(C(C)(C)N)cc2)c(OC)c1. The quantitative estimate of drug-likeness (QED) is 0.568. The van der Waals surface area contributed by atoms with Gasteiger partial charge in [0, 0.05) is 42.8 Å². The summed E-state index contributed by atoms with van der Waals surface area (Å²) in [5.74, 6) is 1.48. The van der Waals surface area contributed by atoms with Crippen molar-refractivity contribution in [2.45, 2.75) is 19.4 Å². The summed E-state index contributed by atoms with van der Waals surface area (Å²) in [5.41, 5.74) is 11.1. The van der Waals surface area contributed by atoms with E-state index in [1.54, 1.807) is 14.2 Å². The van der Waals surface area contributed by atoms with Crippen LogP contribution in [0.2, 0.25) is 0 Å². The Bertz CT molecular complexity index is 975. The highest BCUT2D eigenvalue weighted by atomic mass is 16.5. The summed E-state index contributed by atoms with van der Waals surface area (Å²) < 4.78 is 11.1. The molecule has 0 bridgehead atoms. The second kappa shape index (κ2) is 8.67. The van der Waals surface area contributed by atoms with Crippen LogP contribution in [0.15, 0.2) is 66.7 Å². The fourth-order valence-electron chi connectivity index (χ4n) is 3.34. The molecule has 0 unspecified atom stereocenters. The van der Waals surface area contributed by atoms with Crippen LogP contribution in [0.1, 0.15) is 19.4 Å². The smallest absolute Gasteiger partial charge is 0.146 e. The van der Waals surface area contributed by atoms with E-state index in [9.17, 15) is 0 Å². The number of ether oxygens (including phenoxy) is 2. The van der Waals surface area contributed by atoms with Gasteiger partial charge in [0.05, 0.1) is 19.9 Å². The van der Waals surface area contributed by atoms with Crippen LogP contribution < -0.4 is 25.0 Å². The minimum atomic E-state index is -0.394. The molecule has 0 aliphatic heterocycles. The van der Waals surface area contributed by atoms with Gasteiger partial charge in [-0.3, -0.25) is 0 Å². The van der Waals surface area contributed by atoms with Crippen LogP contribution in [-0.2, 0) is 5.54 Å². The van der Waals surface area contributed by atoms with Crippen molar-refractivity contribution in [2.75, 3.05) is 38.1 Å². The normalized spacial score (nSPS) is 11.2. The number of hydrogen-bond donors (Lipinski definition) is 1. The van der Waals surface area contributed by atoms with Gasteiger partial charge in [-0.1, -0.05) is 12.1 Å². The molecule has 0 amide bonds. The second-order valence-electron chi connectivity index (χ2n) is 8.05. The Morgan fingerprint density at radius 3 is 1.73 bits per heavy atom. The number of nitrogens with zero attached hydrogens (tertiary/aromatic N) is 2. The Morgan fingerprint density at radius 2 is 1.27 bits per heavy atom. The third-order valence-electron chi connectivity index (χ3n) is 5.12. The van der Waals surface area contributed by atoms with E-state index >= 15 is 0 Å². The number of nitrogens with two attached hydrogens (primary N) is 1. The maximum Gasteiger partial charge on any atom is 0.146 e. The zero-order valence-electron chi connectivity index (χ0n) is 18.6. The highest BCUT2D eigenvalue weighted by molar-refractivity contribution is 5.81. The molecule has 3 rings (SSSR count). The van der Waals surface area contributed by atoms with E-state index in [4.69, 9.17) is 15.2 Å². The van der Waals surface area contributed by atoms with Crippen molar-refractivity contribution >= 4 is 22.7 Å². The van der Waals surface area contributed by atoms with E-state index < -0.39 is 5.54 Å². The molecule has 158 valence electrons. The molecule has 0 aromatic heterocycles. The standard InChI is InChI=1S/C25H31N3O2/c1-25(2,26)18-7-9-20(10-8-18)28(21-13-11-19(12-14-21)27(3)4)23-16-15-22(29-5)17-24(23)30-6/h7-17H,26H2,1-6H3. The first-order chi connectivity index (χ1) is 14.2. The van der Waals surface area contributed by atoms with Gasteiger partial charge in [0.1, 0.15) is 11.5 Å². The first kappa shape index (κ1) is 21.5. The third kappa shape index (κ3) is 4.52. The van der Waals surface area contributed by atoms with Gasteiger partial charge in [0.25, 0.3) is 0 Å². The average Bonchev–Trinajstić information content (AvgIpc) is 2.74. The van der Waals surface area contributed by atoms with Gasteiger partial charge < -0.3 is 25.0 Å². The largest absolute Gasteiger partial charge is 0.497 e. The number of anilines is 4. The third-order valence-corrected chi connectivity index (χ3v) is 5.12. The number of hydrogen-bond acceptors (Lipinski definition) is 5. The maximum atomic E-state index is 6.28. The molecule has 0 heterocycles. The Morgan fingerprint density at radius 1 is 0.733 bits per heavy atom. The summed E-state index contributed by atoms with van der Waals surface area (Å²) in [5, 5.41) is 0. The van der Waals surface area contributed by atoms with Crippen molar-refractivity contribution < 1.29 is 9.47 Å². The molecule has 3 aromatic carbocycles. The van der Waals surface area contributed by atoms with Gasteiger partial charge in [-0.25, -0.2) is 0 Å². The zero-order valence-corrected chi connectivity index (χ0v) is 18.6. The van der Waals surface area contributed by atoms with E-state index in [0.29, 0.717) is 0 Å². The molecule has 0 radical (unpaired) electrons. The fourth-order valence-corrected chi connectivity index (χ4v) is 3.34. The minimum Gasteiger partial charge on any atom is -0.497 e. The van der Waals surface area contributed by atoms with Crippen molar-refractivity contribution in [3.8, 4) is 11.5 Å². The van der Waals surface area contributed by atoms with E-state index in [1.807, 2.05) is 46.1 Å². The Hall–Kier alpha value is -3.18. The summed E-state index contributed by atoms with van der Waals surface area (Å²) in [6.07, 6.45) is 0.